The molecule has 4 saturated heterocycles. The number of rotatable bonds is 4. The van der Waals surface area contributed by atoms with Gasteiger partial charge in [-0.05, 0) is 18.6 Å². The molecule has 4 atom stereocenters. The van der Waals surface area contributed by atoms with Gasteiger partial charge in [0, 0.05) is 52.5 Å². The zero-order chi connectivity index (χ0) is 22.7. The molecule has 0 spiro atoms. The van der Waals surface area contributed by atoms with Crippen LogP contribution in [-0.4, -0.2) is 89.8 Å². The number of carbonyl (C=O) groups is 4. The molecule has 4 fully saturated rings. The van der Waals surface area contributed by atoms with E-state index in [1.165, 1.54) is 18.7 Å². The number of imide groups is 1. The Labute approximate surface area is 191 Å². The summed E-state index contributed by atoms with van der Waals surface area (Å²) < 4.78 is 5.38. The summed E-state index contributed by atoms with van der Waals surface area (Å²) in [7, 11) is 0. The largest absolute Gasteiger partial charge is 0.446 e. The number of thioether (sulfide) groups is 1. The van der Waals surface area contributed by atoms with E-state index < -0.39 is 17.9 Å². The number of hydrogen-bond acceptors (Lipinski definition) is 9. The third kappa shape index (κ3) is 5.53. The van der Waals surface area contributed by atoms with Crippen molar-refractivity contribution < 1.29 is 23.9 Å². The number of alkyl carbamates (subject to hydrolysis) is 1. The van der Waals surface area contributed by atoms with E-state index in [-0.39, 0.29) is 35.4 Å². The van der Waals surface area contributed by atoms with Crippen molar-refractivity contribution in [2.24, 2.45) is 11.8 Å². The Morgan fingerprint density at radius 2 is 1.84 bits per heavy atom. The molecule has 32 heavy (non-hydrogen) atoms. The van der Waals surface area contributed by atoms with Gasteiger partial charge < -0.3 is 15.0 Å². The Morgan fingerprint density at radius 3 is 2.59 bits per heavy atom. The van der Waals surface area contributed by atoms with Crippen LogP contribution in [0.4, 0.5) is 4.79 Å². The monoisotopic (exact) mass is 468 g/mol. The molecule has 4 heterocycles. The van der Waals surface area contributed by atoms with Gasteiger partial charge in [0.2, 0.25) is 17.7 Å². The van der Waals surface area contributed by atoms with Crippen molar-refractivity contribution in [2.75, 3.05) is 38.5 Å². The first-order valence-corrected chi connectivity index (χ1v) is 12.4. The average molecular weight is 469 g/mol. The number of hydrazine groups is 1. The lowest BCUT2D eigenvalue weighted by molar-refractivity contribution is -0.131. The molecular formula is C20H32N6O5S. The fourth-order valence-corrected chi connectivity index (χ4v) is 6.03. The number of hydrogen-bond donors (Lipinski definition) is 4. The zero-order valence-corrected chi connectivity index (χ0v) is 19.1. The molecule has 0 aliphatic carbocycles. The summed E-state index contributed by atoms with van der Waals surface area (Å²) >= 11 is 1.52. The standard InChI is InChI=1S/C20H32N6O5S/c1-12(27)25-7-3-14(4-8-25)31-20(30)24-18(29)15-5-9-32-19(15)23-17(28)13-10-21-16-2-6-22-26(16)11-13/h13-16,19,21-22H,2-11H2,1H3,(H,23,28)(H,24,29,30). The molecule has 4 amide bonds. The number of nitrogens with zero attached hydrogens (tertiary/aromatic N) is 2. The van der Waals surface area contributed by atoms with Crippen molar-refractivity contribution in [1.82, 2.24) is 31.3 Å². The topological polar surface area (TPSA) is 132 Å². The quantitative estimate of drug-likeness (QED) is 0.419. The third-order valence-corrected chi connectivity index (χ3v) is 7.87. The van der Waals surface area contributed by atoms with Crippen molar-refractivity contribution in [3.8, 4) is 0 Å². The highest BCUT2D eigenvalue weighted by Gasteiger charge is 2.39. The SMILES string of the molecule is CC(=O)N1CCC(OC(=O)NC(=O)C2CCSC2NC(=O)C2CNC3CCNN3C2)CC1. The predicted octanol–water partition coefficient (Wildman–Crippen LogP) is -0.799. The van der Waals surface area contributed by atoms with Gasteiger partial charge in [-0.15, -0.1) is 11.8 Å². The summed E-state index contributed by atoms with van der Waals surface area (Å²) in [6.45, 7) is 4.74. The van der Waals surface area contributed by atoms with Crippen molar-refractivity contribution >= 4 is 35.6 Å². The Balaban J connectivity index is 1.22. The first kappa shape index (κ1) is 23.3. The smallest absolute Gasteiger partial charge is 0.414 e. The van der Waals surface area contributed by atoms with E-state index in [1.807, 2.05) is 0 Å². The van der Waals surface area contributed by atoms with Crippen LogP contribution in [0.1, 0.15) is 32.6 Å². The number of piperidine rings is 1. The molecule has 0 bridgehead atoms. The van der Waals surface area contributed by atoms with Crippen molar-refractivity contribution in [3.05, 3.63) is 0 Å². The maximum absolute atomic E-state index is 12.8. The normalized spacial score (nSPS) is 31.1. The fourth-order valence-electron chi connectivity index (χ4n) is 4.69. The number of carbonyl (C=O) groups excluding carboxylic acids is 4. The van der Waals surface area contributed by atoms with E-state index in [1.54, 1.807) is 4.90 Å². The van der Waals surface area contributed by atoms with Crippen LogP contribution in [0.5, 0.6) is 0 Å². The minimum atomic E-state index is -0.763. The van der Waals surface area contributed by atoms with Crippen molar-refractivity contribution in [2.45, 2.75) is 50.3 Å². The minimum Gasteiger partial charge on any atom is -0.446 e. The van der Waals surface area contributed by atoms with E-state index in [0.717, 1.165) is 18.7 Å². The molecule has 4 aliphatic rings. The first-order chi connectivity index (χ1) is 15.4. The van der Waals surface area contributed by atoms with Crippen LogP contribution in [0.2, 0.25) is 0 Å². The van der Waals surface area contributed by atoms with Crippen molar-refractivity contribution in [1.29, 1.82) is 0 Å². The van der Waals surface area contributed by atoms with Gasteiger partial charge in [0.25, 0.3) is 0 Å². The zero-order valence-electron chi connectivity index (χ0n) is 18.3. The highest BCUT2D eigenvalue weighted by atomic mass is 32.2. The number of amides is 4. The number of nitrogens with one attached hydrogen (secondary N) is 4. The van der Waals surface area contributed by atoms with E-state index >= 15 is 0 Å². The first-order valence-electron chi connectivity index (χ1n) is 11.3. The molecule has 0 aromatic carbocycles. The van der Waals surface area contributed by atoms with Gasteiger partial charge in [-0.1, -0.05) is 0 Å². The summed E-state index contributed by atoms with van der Waals surface area (Å²) in [4.78, 5) is 50.8. The lowest BCUT2D eigenvalue weighted by atomic mass is 10.0. The van der Waals surface area contributed by atoms with Gasteiger partial charge in [0.1, 0.15) is 6.10 Å². The fraction of sp³-hybridized carbons (Fsp3) is 0.800. The van der Waals surface area contributed by atoms with Crippen LogP contribution in [0.3, 0.4) is 0 Å². The molecule has 0 aromatic rings. The van der Waals surface area contributed by atoms with Gasteiger partial charge >= 0.3 is 6.09 Å². The van der Waals surface area contributed by atoms with Crippen LogP contribution in [0, 0.1) is 11.8 Å². The van der Waals surface area contributed by atoms with Crippen LogP contribution < -0.4 is 21.4 Å². The number of likely N-dealkylation sites (tertiary alicyclic amines) is 1. The molecule has 12 heteroatoms. The second kappa shape index (κ2) is 10.4. The highest BCUT2D eigenvalue weighted by molar-refractivity contribution is 8.00. The van der Waals surface area contributed by atoms with E-state index in [2.05, 4.69) is 26.4 Å². The van der Waals surface area contributed by atoms with Gasteiger partial charge in [0.05, 0.1) is 23.4 Å². The molecule has 0 radical (unpaired) electrons. The Hall–Kier alpha value is -1.89. The molecular weight excluding hydrogens is 436 g/mol. The van der Waals surface area contributed by atoms with E-state index in [4.69, 9.17) is 4.74 Å². The van der Waals surface area contributed by atoms with E-state index in [0.29, 0.717) is 45.4 Å². The van der Waals surface area contributed by atoms with Crippen molar-refractivity contribution in [3.63, 3.8) is 0 Å². The second-order valence-electron chi connectivity index (χ2n) is 8.77. The molecule has 4 unspecified atom stereocenters. The lowest BCUT2D eigenvalue weighted by Crippen LogP contribution is -2.59. The number of ether oxygens (including phenoxy) is 1. The molecule has 11 nitrogen and oxygen atoms in total. The Morgan fingerprint density at radius 1 is 1.06 bits per heavy atom. The molecule has 4 N–H and O–H groups in total. The summed E-state index contributed by atoms with van der Waals surface area (Å²) in [5.74, 6) is -0.440. The number of fused-ring (bicyclic) bond motifs is 1. The van der Waals surface area contributed by atoms with Crippen LogP contribution >= 0.6 is 11.8 Å². The molecule has 4 rings (SSSR count). The highest BCUT2D eigenvalue weighted by Crippen LogP contribution is 2.31. The Bertz CT molecular complexity index is 746. The summed E-state index contributed by atoms with van der Waals surface area (Å²) in [5.41, 5.74) is 3.28. The van der Waals surface area contributed by atoms with Crippen LogP contribution in [0.25, 0.3) is 0 Å². The molecule has 4 aliphatic heterocycles. The minimum absolute atomic E-state index is 0.00965. The second-order valence-corrected chi connectivity index (χ2v) is 10.0. The van der Waals surface area contributed by atoms with Gasteiger partial charge in [-0.2, -0.15) is 0 Å². The molecule has 0 aromatic heterocycles. The van der Waals surface area contributed by atoms with Gasteiger partial charge in [0.15, 0.2) is 0 Å². The predicted molar refractivity (Wildman–Crippen MR) is 117 cm³/mol. The summed E-state index contributed by atoms with van der Waals surface area (Å²) in [6, 6.07) is 0. The lowest BCUT2D eigenvalue weighted by Gasteiger charge is -2.35. The molecule has 178 valence electrons. The van der Waals surface area contributed by atoms with Crippen LogP contribution in [-0.2, 0) is 19.1 Å². The summed E-state index contributed by atoms with van der Waals surface area (Å²) in [6.07, 6.45) is 1.92. The van der Waals surface area contributed by atoms with Crippen LogP contribution in [0.15, 0.2) is 0 Å². The molecule has 0 saturated carbocycles. The average Bonchev–Trinajstić information content (AvgIpc) is 3.42. The Kier molecular flexibility index (Phi) is 7.54. The summed E-state index contributed by atoms with van der Waals surface area (Å²) in [5, 5.41) is 10.4. The van der Waals surface area contributed by atoms with Gasteiger partial charge in [-0.3, -0.25) is 30.4 Å². The maximum atomic E-state index is 12.8. The maximum Gasteiger partial charge on any atom is 0.414 e. The van der Waals surface area contributed by atoms with E-state index in [9.17, 15) is 19.2 Å². The third-order valence-electron chi connectivity index (χ3n) is 6.60. The van der Waals surface area contributed by atoms with Gasteiger partial charge in [-0.25, -0.2) is 9.80 Å².